The fourth-order valence-electron chi connectivity index (χ4n) is 3.17. The van der Waals surface area contributed by atoms with E-state index in [1.165, 1.54) is 26.3 Å². The van der Waals surface area contributed by atoms with E-state index in [2.05, 4.69) is 5.32 Å². The minimum absolute atomic E-state index is 0.0476. The zero-order chi connectivity index (χ0) is 22.7. The molecule has 0 bridgehead atoms. The molecular weight excluding hydrogens is 432 g/mol. The van der Waals surface area contributed by atoms with Crippen molar-refractivity contribution >= 4 is 21.6 Å². The zero-order valence-electron chi connectivity index (χ0n) is 17.6. The largest absolute Gasteiger partial charge is 0.456 e. The number of hydrogen-bond acceptors (Lipinski definition) is 6. The molecule has 166 valence electrons. The summed E-state index contributed by atoms with van der Waals surface area (Å²) in [5, 5.41) is 2.76. The van der Waals surface area contributed by atoms with Crippen LogP contribution in [-0.2, 0) is 14.8 Å². The van der Waals surface area contributed by atoms with Crippen molar-refractivity contribution in [3.63, 3.8) is 0 Å². The van der Waals surface area contributed by atoms with Crippen molar-refractivity contribution in [2.24, 2.45) is 0 Å². The molecule has 0 saturated carbocycles. The highest BCUT2D eigenvalue weighted by atomic mass is 32.2. The molecule has 1 aliphatic heterocycles. The summed E-state index contributed by atoms with van der Waals surface area (Å²) in [7, 11) is -1.07. The lowest BCUT2D eigenvalue weighted by atomic mass is 10.1. The highest BCUT2D eigenvalue weighted by molar-refractivity contribution is 7.89. The van der Waals surface area contributed by atoms with E-state index in [0.29, 0.717) is 17.2 Å². The second kappa shape index (κ2) is 8.99. The summed E-state index contributed by atoms with van der Waals surface area (Å²) < 4.78 is 44.8. The Hall–Kier alpha value is -3.40. The topological polar surface area (TPSA) is 94.2 Å². The van der Waals surface area contributed by atoms with Gasteiger partial charge in [0.05, 0.1) is 17.9 Å². The summed E-state index contributed by atoms with van der Waals surface area (Å²) in [5.74, 6) is 0.649. The van der Waals surface area contributed by atoms with E-state index in [9.17, 15) is 13.2 Å². The normalized spacial score (nSPS) is 12.9. The van der Waals surface area contributed by atoms with Crippen molar-refractivity contribution in [1.29, 1.82) is 0 Å². The van der Waals surface area contributed by atoms with Gasteiger partial charge in [0.2, 0.25) is 10.0 Å². The van der Waals surface area contributed by atoms with E-state index < -0.39 is 15.9 Å². The summed E-state index contributed by atoms with van der Waals surface area (Å²) in [6.45, 7) is 0.350. The van der Waals surface area contributed by atoms with Gasteiger partial charge in [-0.1, -0.05) is 30.3 Å². The van der Waals surface area contributed by atoms with Crippen LogP contribution in [0, 0.1) is 0 Å². The number of likely N-dealkylation sites (N-methyl/N-ethyl adjacent to an activating group) is 1. The third kappa shape index (κ3) is 4.31. The Labute approximate surface area is 186 Å². The van der Waals surface area contributed by atoms with Gasteiger partial charge < -0.3 is 19.5 Å². The van der Waals surface area contributed by atoms with Crippen LogP contribution in [0.1, 0.15) is 10.4 Å². The Morgan fingerprint density at radius 3 is 2.47 bits per heavy atom. The predicted molar refractivity (Wildman–Crippen MR) is 119 cm³/mol. The Morgan fingerprint density at radius 1 is 1.00 bits per heavy atom. The summed E-state index contributed by atoms with van der Waals surface area (Å²) in [6, 6.07) is 18.5. The lowest BCUT2D eigenvalue weighted by Crippen LogP contribution is -2.30. The second-order valence-electron chi connectivity index (χ2n) is 7.08. The van der Waals surface area contributed by atoms with Gasteiger partial charge in [-0.2, -0.15) is 4.31 Å². The van der Waals surface area contributed by atoms with E-state index in [4.69, 9.17) is 14.2 Å². The Balaban J connectivity index is 1.85. The van der Waals surface area contributed by atoms with Crippen molar-refractivity contribution in [1.82, 2.24) is 4.31 Å². The third-order valence-electron chi connectivity index (χ3n) is 4.92. The average molecular weight is 455 g/mol. The maximum Gasteiger partial charge on any atom is 0.259 e. The molecule has 3 aromatic rings. The maximum atomic E-state index is 13.4. The summed E-state index contributed by atoms with van der Waals surface area (Å²) >= 11 is 0. The van der Waals surface area contributed by atoms with Crippen molar-refractivity contribution in [2.45, 2.75) is 4.90 Å². The maximum absolute atomic E-state index is 13.4. The molecule has 4 rings (SSSR count). The summed E-state index contributed by atoms with van der Waals surface area (Å²) in [6.07, 6.45) is 0. The van der Waals surface area contributed by atoms with Crippen LogP contribution in [0.2, 0.25) is 0 Å². The van der Waals surface area contributed by atoms with Crippen molar-refractivity contribution in [3.8, 4) is 23.0 Å². The van der Waals surface area contributed by atoms with Gasteiger partial charge in [-0.05, 0) is 30.3 Å². The first-order valence-corrected chi connectivity index (χ1v) is 11.3. The van der Waals surface area contributed by atoms with Crippen LogP contribution < -0.4 is 14.8 Å². The van der Waals surface area contributed by atoms with Gasteiger partial charge in [0.15, 0.2) is 11.5 Å². The van der Waals surface area contributed by atoms with E-state index in [1.807, 2.05) is 6.07 Å². The van der Waals surface area contributed by atoms with Crippen LogP contribution in [0.3, 0.4) is 0 Å². The van der Waals surface area contributed by atoms with Crippen LogP contribution in [-0.4, -0.2) is 45.9 Å². The number of methoxy groups -OCH3 is 1. The first-order chi connectivity index (χ1) is 15.4. The number of benzene rings is 3. The molecule has 3 aromatic carbocycles. The average Bonchev–Trinajstić information content (AvgIpc) is 2.92. The van der Waals surface area contributed by atoms with Crippen molar-refractivity contribution in [3.05, 3.63) is 72.3 Å². The van der Waals surface area contributed by atoms with E-state index >= 15 is 0 Å². The molecule has 9 heteroatoms. The number of carbonyl (C=O) groups excluding carboxylic acids is 1. The highest BCUT2D eigenvalue weighted by Gasteiger charge is 2.30. The molecule has 0 spiro atoms. The number of carbonyl (C=O) groups is 1. The molecular formula is C23H22N2O6S. The number of sulfonamides is 1. The highest BCUT2D eigenvalue weighted by Crippen LogP contribution is 2.41. The van der Waals surface area contributed by atoms with Crippen LogP contribution >= 0.6 is 0 Å². The molecule has 0 fully saturated rings. The number of nitrogens with one attached hydrogen (secondary N) is 1. The smallest absolute Gasteiger partial charge is 0.259 e. The van der Waals surface area contributed by atoms with Crippen LogP contribution in [0.15, 0.2) is 71.6 Å². The molecule has 1 amide bonds. The minimum Gasteiger partial charge on any atom is -0.456 e. The number of hydrogen-bond donors (Lipinski definition) is 1. The quantitative estimate of drug-likeness (QED) is 0.578. The van der Waals surface area contributed by atoms with Gasteiger partial charge in [-0.15, -0.1) is 0 Å². The zero-order valence-corrected chi connectivity index (χ0v) is 18.4. The molecule has 1 N–H and O–H groups in total. The Bertz CT molecular complexity index is 1240. The lowest BCUT2D eigenvalue weighted by Gasteiger charge is -2.20. The number of ether oxygens (including phenoxy) is 3. The molecule has 1 heterocycles. The molecule has 0 saturated heterocycles. The Morgan fingerprint density at radius 2 is 1.72 bits per heavy atom. The predicted octanol–water partition coefficient (Wildman–Crippen LogP) is 4.10. The summed E-state index contributed by atoms with van der Waals surface area (Å²) in [5.41, 5.74) is 0.571. The van der Waals surface area contributed by atoms with Crippen molar-refractivity contribution < 1.29 is 27.4 Å². The van der Waals surface area contributed by atoms with Gasteiger partial charge >= 0.3 is 0 Å². The molecule has 0 radical (unpaired) electrons. The number of rotatable bonds is 7. The first-order valence-electron chi connectivity index (χ1n) is 9.84. The standard InChI is InChI=1S/C23H22N2O6S/c1-25(12-13-29-2)32(27,28)22-14-17-20(15-21(22)30-16-8-4-3-5-9-16)31-19-11-7-6-10-18(19)24-23(17)26/h3-11,14-15H,12-13H2,1-2H3,(H,24,26). The second-order valence-corrected chi connectivity index (χ2v) is 9.10. The molecule has 8 nitrogen and oxygen atoms in total. The van der Waals surface area contributed by atoms with Crippen LogP contribution in [0.4, 0.5) is 5.69 Å². The van der Waals surface area contributed by atoms with Gasteiger partial charge in [0.25, 0.3) is 5.91 Å². The fourth-order valence-corrected chi connectivity index (χ4v) is 4.45. The van der Waals surface area contributed by atoms with Crippen molar-refractivity contribution in [2.75, 3.05) is 32.6 Å². The molecule has 0 atom stereocenters. The van der Waals surface area contributed by atoms with E-state index in [1.54, 1.807) is 48.5 Å². The molecule has 1 aliphatic rings. The number of anilines is 1. The minimum atomic E-state index is -4.01. The molecule has 0 unspecified atom stereocenters. The fraction of sp³-hybridized carbons (Fsp3) is 0.174. The van der Waals surface area contributed by atoms with Gasteiger partial charge in [0, 0.05) is 26.8 Å². The SMILES string of the molecule is COCCN(C)S(=O)(=O)c1cc2c(cc1Oc1ccccc1)Oc1ccccc1NC2=O. The number of amides is 1. The Kier molecular flexibility index (Phi) is 6.13. The van der Waals surface area contributed by atoms with Crippen LogP contribution in [0.25, 0.3) is 0 Å². The lowest BCUT2D eigenvalue weighted by molar-refractivity contribution is 0.102. The van der Waals surface area contributed by atoms with Gasteiger partial charge in [-0.3, -0.25) is 4.79 Å². The molecule has 0 aliphatic carbocycles. The number of nitrogens with zero attached hydrogens (tertiary/aromatic N) is 1. The van der Waals surface area contributed by atoms with E-state index in [-0.39, 0.29) is 35.1 Å². The number of para-hydroxylation sites is 3. The molecule has 0 aromatic heterocycles. The number of fused-ring (bicyclic) bond motifs is 2. The third-order valence-corrected chi connectivity index (χ3v) is 6.79. The molecule has 32 heavy (non-hydrogen) atoms. The van der Waals surface area contributed by atoms with Gasteiger partial charge in [0.1, 0.15) is 16.4 Å². The van der Waals surface area contributed by atoms with E-state index in [0.717, 1.165) is 4.31 Å². The van der Waals surface area contributed by atoms with Gasteiger partial charge in [-0.25, -0.2) is 8.42 Å². The first kappa shape index (κ1) is 21.8. The monoisotopic (exact) mass is 454 g/mol. The summed E-state index contributed by atoms with van der Waals surface area (Å²) in [4.78, 5) is 12.7. The van der Waals surface area contributed by atoms with Crippen LogP contribution in [0.5, 0.6) is 23.0 Å².